The summed E-state index contributed by atoms with van der Waals surface area (Å²) in [7, 11) is 1.58. The largest absolute Gasteiger partial charge is 0.490 e. The average molecular weight is 304 g/mol. The SMILES string of the molecule is COc1ccc(N)c(Sc2ccc3c(c2)OCCCO3)n1. The lowest BCUT2D eigenvalue weighted by atomic mass is 10.3. The molecule has 1 aliphatic heterocycles. The molecular formula is C15H16N2O3S. The molecular weight excluding hydrogens is 288 g/mol. The van der Waals surface area contributed by atoms with E-state index < -0.39 is 0 Å². The van der Waals surface area contributed by atoms with Crippen molar-refractivity contribution in [3.05, 3.63) is 30.3 Å². The highest BCUT2D eigenvalue weighted by atomic mass is 32.2. The van der Waals surface area contributed by atoms with Crippen LogP contribution < -0.4 is 19.9 Å². The van der Waals surface area contributed by atoms with Crippen LogP contribution in [0.4, 0.5) is 5.69 Å². The van der Waals surface area contributed by atoms with E-state index in [1.165, 1.54) is 11.8 Å². The normalized spacial score (nSPS) is 13.6. The van der Waals surface area contributed by atoms with Gasteiger partial charge in [0.25, 0.3) is 0 Å². The van der Waals surface area contributed by atoms with E-state index in [-0.39, 0.29) is 0 Å². The van der Waals surface area contributed by atoms with E-state index in [4.69, 9.17) is 19.9 Å². The highest BCUT2D eigenvalue weighted by Crippen LogP contribution is 2.38. The summed E-state index contributed by atoms with van der Waals surface area (Å²) in [6, 6.07) is 9.37. The topological polar surface area (TPSA) is 66.6 Å². The Morgan fingerprint density at radius 2 is 1.95 bits per heavy atom. The van der Waals surface area contributed by atoms with Crippen LogP contribution in [0, 0.1) is 0 Å². The van der Waals surface area contributed by atoms with Gasteiger partial charge in [0.05, 0.1) is 26.0 Å². The fourth-order valence-corrected chi connectivity index (χ4v) is 2.80. The van der Waals surface area contributed by atoms with Crippen molar-refractivity contribution in [3.8, 4) is 17.4 Å². The van der Waals surface area contributed by atoms with Crippen molar-refractivity contribution in [1.29, 1.82) is 0 Å². The van der Waals surface area contributed by atoms with E-state index in [1.54, 1.807) is 19.2 Å². The number of fused-ring (bicyclic) bond motifs is 1. The number of aromatic nitrogens is 1. The van der Waals surface area contributed by atoms with E-state index in [1.807, 2.05) is 18.2 Å². The average Bonchev–Trinajstić information content (AvgIpc) is 2.74. The van der Waals surface area contributed by atoms with Gasteiger partial charge in [-0.3, -0.25) is 0 Å². The summed E-state index contributed by atoms with van der Waals surface area (Å²) in [4.78, 5) is 5.35. The molecule has 0 saturated carbocycles. The first kappa shape index (κ1) is 13.9. The van der Waals surface area contributed by atoms with Crippen molar-refractivity contribution < 1.29 is 14.2 Å². The monoisotopic (exact) mass is 304 g/mol. The minimum Gasteiger partial charge on any atom is -0.490 e. The first-order valence-corrected chi connectivity index (χ1v) is 7.46. The molecule has 6 heteroatoms. The van der Waals surface area contributed by atoms with E-state index in [0.29, 0.717) is 29.8 Å². The number of nitrogens with two attached hydrogens (primary N) is 1. The maximum Gasteiger partial charge on any atom is 0.214 e. The van der Waals surface area contributed by atoms with Gasteiger partial charge < -0.3 is 19.9 Å². The first-order valence-electron chi connectivity index (χ1n) is 6.64. The van der Waals surface area contributed by atoms with Crippen LogP contribution in [-0.2, 0) is 0 Å². The maximum atomic E-state index is 5.96. The molecule has 0 bridgehead atoms. The van der Waals surface area contributed by atoms with Crippen molar-refractivity contribution in [3.63, 3.8) is 0 Å². The van der Waals surface area contributed by atoms with Gasteiger partial charge in [-0.1, -0.05) is 11.8 Å². The van der Waals surface area contributed by atoms with Crippen LogP contribution in [0.3, 0.4) is 0 Å². The quantitative estimate of drug-likeness (QED) is 0.940. The number of rotatable bonds is 3. The molecule has 5 nitrogen and oxygen atoms in total. The Morgan fingerprint density at radius 1 is 1.14 bits per heavy atom. The molecule has 1 aliphatic rings. The predicted molar refractivity (Wildman–Crippen MR) is 81.4 cm³/mol. The van der Waals surface area contributed by atoms with Gasteiger partial charge in [0.15, 0.2) is 11.5 Å². The Morgan fingerprint density at radius 3 is 2.76 bits per heavy atom. The summed E-state index contributed by atoms with van der Waals surface area (Å²) in [6.45, 7) is 1.35. The van der Waals surface area contributed by atoms with Gasteiger partial charge in [0.1, 0.15) is 5.03 Å². The lowest BCUT2D eigenvalue weighted by molar-refractivity contribution is 0.297. The lowest BCUT2D eigenvalue weighted by Crippen LogP contribution is -1.97. The molecule has 1 aromatic carbocycles. The van der Waals surface area contributed by atoms with Gasteiger partial charge in [-0.15, -0.1) is 0 Å². The number of nitrogen functional groups attached to an aromatic ring is 1. The number of benzene rings is 1. The van der Waals surface area contributed by atoms with Gasteiger partial charge >= 0.3 is 0 Å². The molecule has 0 unspecified atom stereocenters. The second-order valence-electron chi connectivity index (χ2n) is 4.51. The summed E-state index contributed by atoms with van der Waals surface area (Å²) in [5.41, 5.74) is 6.58. The summed E-state index contributed by atoms with van der Waals surface area (Å²) in [5, 5.41) is 0.712. The van der Waals surface area contributed by atoms with Gasteiger partial charge in [-0.2, -0.15) is 0 Å². The molecule has 0 atom stereocenters. The molecule has 0 aliphatic carbocycles. The zero-order chi connectivity index (χ0) is 14.7. The minimum atomic E-state index is 0.543. The minimum absolute atomic E-state index is 0.543. The molecule has 2 N–H and O–H groups in total. The van der Waals surface area contributed by atoms with Crippen LogP contribution >= 0.6 is 11.8 Å². The smallest absolute Gasteiger partial charge is 0.214 e. The molecule has 21 heavy (non-hydrogen) atoms. The third-order valence-corrected chi connectivity index (χ3v) is 4.02. The molecule has 3 rings (SSSR count). The standard InChI is InChI=1S/C15H16N2O3S/c1-18-14-6-4-11(16)15(17-14)21-10-3-5-12-13(9-10)20-8-2-7-19-12/h3-6,9H,2,7-8,16H2,1H3. The highest BCUT2D eigenvalue weighted by Gasteiger charge is 2.12. The zero-order valence-corrected chi connectivity index (χ0v) is 12.5. The van der Waals surface area contributed by atoms with Crippen molar-refractivity contribution in [1.82, 2.24) is 4.98 Å². The fourth-order valence-electron chi connectivity index (χ4n) is 1.95. The molecule has 2 heterocycles. The number of hydrogen-bond acceptors (Lipinski definition) is 6. The molecule has 0 spiro atoms. The molecule has 110 valence electrons. The number of methoxy groups -OCH3 is 1. The van der Waals surface area contributed by atoms with Crippen LogP contribution in [0.25, 0.3) is 0 Å². The summed E-state index contributed by atoms with van der Waals surface area (Å²) in [6.07, 6.45) is 0.890. The fraction of sp³-hybridized carbons (Fsp3) is 0.267. The molecule has 0 saturated heterocycles. The lowest BCUT2D eigenvalue weighted by Gasteiger charge is -2.10. The van der Waals surface area contributed by atoms with Crippen LogP contribution in [0.15, 0.2) is 40.3 Å². The van der Waals surface area contributed by atoms with Crippen LogP contribution in [0.1, 0.15) is 6.42 Å². The van der Waals surface area contributed by atoms with Crippen molar-refractivity contribution in [2.24, 2.45) is 0 Å². The number of pyridine rings is 1. The Kier molecular flexibility index (Phi) is 4.06. The molecule has 2 aromatic rings. The van der Waals surface area contributed by atoms with Crippen LogP contribution in [0.5, 0.6) is 17.4 Å². The number of nitrogens with zero attached hydrogens (tertiary/aromatic N) is 1. The Bertz CT molecular complexity index is 649. The van der Waals surface area contributed by atoms with E-state index >= 15 is 0 Å². The third kappa shape index (κ3) is 3.16. The van der Waals surface area contributed by atoms with Crippen molar-refractivity contribution in [2.75, 3.05) is 26.1 Å². The van der Waals surface area contributed by atoms with Gasteiger partial charge in [0.2, 0.25) is 5.88 Å². The Balaban J connectivity index is 1.86. The van der Waals surface area contributed by atoms with E-state index in [0.717, 1.165) is 22.8 Å². The van der Waals surface area contributed by atoms with E-state index in [2.05, 4.69) is 4.98 Å². The maximum absolute atomic E-state index is 5.96. The summed E-state index contributed by atoms with van der Waals surface area (Å²) >= 11 is 1.47. The molecule has 0 radical (unpaired) electrons. The summed E-state index contributed by atoms with van der Waals surface area (Å²) in [5.74, 6) is 2.09. The zero-order valence-electron chi connectivity index (χ0n) is 11.7. The van der Waals surface area contributed by atoms with Crippen LogP contribution in [-0.4, -0.2) is 25.3 Å². The molecule has 0 amide bonds. The Labute approximate surface area is 127 Å². The first-order chi connectivity index (χ1) is 10.3. The number of anilines is 1. The van der Waals surface area contributed by atoms with Crippen molar-refractivity contribution >= 4 is 17.4 Å². The number of ether oxygens (including phenoxy) is 3. The molecule has 1 aromatic heterocycles. The van der Waals surface area contributed by atoms with Gasteiger partial charge in [-0.25, -0.2) is 4.98 Å². The van der Waals surface area contributed by atoms with Gasteiger partial charge in [0, 0.05) is 17.4 Å². The summed E-state index contributed by atoms with van der Waals surface area (Å²) < 4.78 is 16.4. The molecule has 0 fully saturated rings. The predicted octanol–water partition coefficient (Wildman–Crippen LogP) is 2.98. The van der Waals surface area contributed by atoms with Gasteiger partial charge in [-0.05, 0) is 24.3 Å². The Hall–Kier alpha value is -2.08. The highest BCUT2D eigenvalue weighted by molar-refractivity contribution is 7.99. The van der Waals surface area contributed by atoms with Crippen LogP contribution in [0.2, 0.25) is 0 Å². The van der Waals surface area contributed by atoms with E-state index in [9.17, 15) is 0 Å². The second-order valence-corrected chi connectivity index (χ2v) is 5.57. The second kappa shape index (κ2) is 6.13. The van der Waals surface area contributed by atoms with Crippen molar-refractivity contribution in [2.45, 2.75) is 16.3 Å². The third-order valence-electron chi connectivity index (χ3n) is 3.01. The number of hydrogen-bond donors (Lipinski definition) is 1.